The van der Waals surface area contributed by atoms with Crippen LogP contribution in [0.25, 0.3) is 11.3 Å². The van der Waals surface area contributed by atoms with Gasteiger partial charge in [-0.2, -0.15) is 10.2 Å². The van der Waals surface area contributed by atoms with E-state index in [4.69, 9.17) is 16.6 Å². The van der Waals surface area contributed by atoms with Crippen molar-refractivity contribution in [1.29, 1.82) is 0 Å². The van der Waals surface area contributed by atoms with Crippen molar-refractivity contribution in [3.05, 3.63) is 41.9 Å². The van der Waals surface area contributed by atoms with Gasteiger partial charge in [0.05, 0.1) is 5.71 Å². The molecule has 0 aliphatic rings. The van der Waals surface area contributed by atoms with Gasteiger partial charge in [-0.25, -0.2) is 4.98 Å². The summed E-state index contributed by atoms with van der Waals surface area (Å²) in [4.78, 5) is 8.76. The lowest BCUT2D eigenvalue weighted by atomic mass is 10.0. The lowest BCUT2D eigenvalue weighted by Gasteiger charge is -2.09. The van der Waals surface area contributed by atoms with Crippen LogP contribution < -0.4 is 16.2 Å². The lowest BCUT2D eigenvalue weighted by molar-refractivity contribution is 0.572. The van der Waals surface area contributed by atoms with Gasteiger partial charge in [0.25, 0.3) is 0 Å². The summed E-state index contributed by atoms with van der Waals surface area (Å²) in [7, 11) is 0. The summed E-state index contributed by atoms with van der Waals surface area (Å²) in [5.41, 5.74) is 9.52. The number of hydrogen-bond acceptors (Lipinski definition) is 7. The zero-order valence-electron chi connectivity index (χ0n) is 17.8. The first-order valence-electron chi connectivity index (χ1n) is 9.51. The number of aryl methyl sites for hydroxylation is 1. The molecule has 0 saturated carbocycles. The van der Waals surface area contributed by atoms with Gasteiger partial charge in [-0.15, -0.1) is 0 Å². The molecule has 0 unspecified atom stereocenters. The summed E-state index contributed by atoms with van der Waals surface area (Å²) < 4.78 is 5.71. The van der Waals surface area contributed by atoms with E-state index in [0.717, 1.165) is 11.1 Å². The Kier molecular flexibility index (Phi) is 9.49. The molecule has 0 spiro atoms. The molecule has 1 aromatic carbocycles. The molecular weight excluding hydrogens is 418 g/mol. The van der Waals surface area contributed by atoms with E-state index in [9.17, 15) is 0 Å². The van der Waals surface area contributed by atoms with Crippen LogP contribution >= 0.6 is 24.0 Å². The van der Waals surface area contributed by atoms with Crippen molar-refractivity contribution in [3.63, 3.8) is 0 Å². The fraction of sp³-hybridized carbons (Fsp3) is 0.350. The summed E-state index contributed by atoms with van der Waals surface area (Å²) in [6.07, 6.45) is 3.34. The van der Waals surface area contributed by atoms with Gasteiger partial charge in [0.1, 0.15) is 11.4 Å². The Balaban J connectivity index is 2.45. The number of aromatic nitrogens is 1. The van der Waals surface area contributed by atoms with Gasteiger partial charge in [0, 0.05) is 18.7 Å². The molecule has 0 aliphatic carbocycles. The van der Waals surface area contributed by atoms with Gasteiger partial charge in [-0.1, -0.05) is 35.5 Å². The van der Waals surface area contributed by atoms with Gasteiger partial charge >= 0.3 is 0 Å². The second kappa shape index (κ2) is 12.1. The molecule has 1 heterocycles. The normalized spacial score (nSPS) is 12.6. The molecule has 0 atom stereocenters. The Morgan fingerprint density at radius 2 is 2.03 bits per heavy atom. The van der Waals surface area contributed by atoms with E-state index >= 15 is 0 Å². The molecule has 10 heteroatoms. The molecule has 160 valence electrons. The first-order valence-corrected chi connectivity index (χ1v) is 11.1. The van der Waals surface area contributed by atoms with Crippen molar-refractivity contribution in [3.8, 4) is 11.3 Å². The number of aliphatic imine (C=N–C) groups is 1. The largest absolute Gasteiger partial charge is 0.443 e. The SMILES string of the molecule is CCN=C(N/N=C(C)/C(=N/NC(=S)NCC)c1ncoc1-c1cccc(C)c1)SC. The zero-order chi connectivity index (χ0) is 21.9. The number of thioether (sulfide) groups is 1. The minimum absolute atomic E-state index is 0.411. The minimum atomic E-state index is 0.411. The average Bonchev–Trinajstić information content (AvgIpc) is 3.21. The molecule has 30 heavy (non-hydrogen) atoms. The third-order valence-electron chi connectivity index (χ3n) is 3.84. The number of rotatable bonds is 7. The Labute approximate surface area is 186 Å². The van der Waals surface area contributed by atoms with Gasteiger partial charge in [-0.3, -0.25) is 15.8 Å². The van der Waals surface area contributed by atoms with Crippen molar-refractivity contribution in [2.24, 2.45) is 15.2 Å². The molecule has 3 N–H and O–H groups in total. The number of benzene rings is 1. The zero-order valence-corrected chi connectivity index (χ0v) is 19.4. The lowest BCUT2D eigenvalue weighted by Crippen LogP contribution is -2.33. The molecule has 0 aliphatic heterocycles. The Morgan fingerprint density at radius 3 is 2.70 bits per heavy atom. The predicted molar refractivity (Wildman–Crippen MR) is 130 cm³/mol. The number of nitrogens with one attached hydrogen (secondary N) is 3. The number of hydrogen-bond donors (Lipinski definition) is 3. The highest BCUT2D eigenvalue weighted by Gasteiger charge is 2.20. The van der Waals surface area contributed by atoms with Crippen molar-refractivity contribution in [1.82, 2.24) is 21.2 Å². The van der Waals surface area contributed by atoms with E-state index in [1.165, 1.54) is 18.2 Å². The highest BCUT2D eigenvalue weighted by molar-refractivity contribution is 8.13. The van der Waals surface area contributed by atoms with Crippen LogP contribution in [0.4, 0.5) is 0 Å². The molecule has 0 radical (unpaired) electrons. The third kappa shape index (κ3) is 6.67. The second-order valence-corrected chi connectivity index (χ2v) is 7.33. The van der Waals surface area contributed by atoms with Crippen molar-refractivity contribution < 1.29 is 4.42 Å². The molecule has 2 rings (SSSR count). The topological polar surface area (TPSA) is 99.2 Å². The van der Waals surface area contributed by atoms with Crippen LogP contribution in [0.15, 0.2) is 50.3 Å². The van der Waals surface area contributed by atoms with Crippen LogP contribution in [0.5, 0.6) is 0 Å². The minimum Gasteiger partial charge on any atom is -0.443 e. The van der Waals surface area contributed by atoms with Crippen molar-refractivity contribution >= 4 is 45.7 Å². The number of thiocarbonyl (C=S) groups is 1. The second-order valence-electron chi connectivity index (χ2n) is 6.12. The monoisotopic (exact) mass is 445 g/mol. The number of amidine groups is 1. The van der Waals surface area contributed by atoms with Gasteiger partial charge in [0.2, 0.25) is 0 Å². The van der Waals surface area contributed by atoms with Gasteiger partial charge in [-0.05, 0) is 52.2 Å². The summed E-state index contributed by atoms with van der Waals surface area (Å²) >= 11 is 6.72. The number of hydrazone groups is 2. The quantitative estimate of drug-likeness (QED) is 0.259. The predicted octanol–water partition coefficient (Wildman–Crippen LogP) is 3.54. The average molecular weight is 446 g/mol. The molecule has 2 aromatic rings. The summed E-state index contributed by atoms with van der Waals surface area (Å²) in [5.74, 6) is 0.607. The molecule has 0 amide bonds. The number of nitrogens with zero attached hydrogens (tertiary/aromatic N) is 4. The summed E-state index contributed by atoms with van der Waals surface area (Å²) in [6, 6.07) is 8.00. The maximum Gasteiger partial charge on any atom is 0.186 e. The fourth-order valence-corrected chi connectivity index (χ4v) is 3.08. The van der Waals surface area contributed by atoms with Crippen LogP contribution in [0.3, 0.4) is 0 Å². The van der Waals surface area contributed by atoms with Crippen LogP contribution in [0.1, 0.15) is 32.0 Å². The summed E-state index contributed by atoms with van der Waals surface area (Å²) in [5, 5.41) is 13.0. The van der Waals surface area contributed by atoms with Gasteiger partial charge < -0.3 is 9.73 Å². The van der Waals surface area contributed by atoms with Crippen molar-refractivity contribution in [2.75, 3.05) is 19.3 Å². The first-order chi connectivity index (χ1) is 14.5. The molecule has 1 aromatic heterocycles. The molecule has 0 bridgehead atoms. The van der Waals surface area contributed by atoms with Gasteiger partial charge in [0.15, 0.2) is 22.4 Å². The standard InChI is InChI=1S/C20H27N7OS2/c1-6-21-19(29)26-25-16(14(4)24-27-20(30-5)22-7-2)17-18(28-12-23-17)15-10-8-9-13(3)11-15/h8-12H,6-7H2,1-5H3,(H,22,27)(H2,21,26,29)/b24-14+,25-16-. The van der Waals surface area contributed by atoms with E-state index in [1.807, 2.05) is 58.2 Å². The van der Waals surface area contributed by atoms with Crippen LogP contribution in [0, 0.1) is 6.92 Å². The Morgan fingerprint density at radius 1 is 1.23 bits per heavy atom. The highest BCUT2D eigenvalue weighted by atomic mass is 32.2. The first kappa shape index (κ1) is 23.6. The van der Waals surface area contributed by atoms with E-state index in [1.54, 1.807) is 0 Å². The van der Waals surface area contributed by atoms with E-state index in [-0.39, 0.29) is 0 Å². The van der Waals surface area contributed by atoms with E-state index in [0.29, 0.717) is 46.2 Å². The molecule has 0 fully saturated rings. The Bertz CT molecular complexity index is 950. The fourth-order valence-electron chi connectivity index (χ4n) is 2.49. The third-order valence-corrected chi connectivity index (χ3v) is 4.68. The Hall–Kier alpha value is -2.72. The summed E-state index contributed by atoms with van der Waals surface area (Å²) in [6.45, 7) is 9.14. The maximum absolute atomic E-state index is 5.71. The maximum atomic E-state index is 5.71. The molecule has 0 saturated heterocycles. The van der Waals surface area contributed by atoms with E-state index in [2.05, 4.69) is 36.3 Å². The molecular formula is C20H27N7OS2. The highest BCUT2D eigenvalue weighted by Crippen LogP contribution is 2.24. The van der Waals surface area contributed by atoms with E-state index < -0.39 is 0 Å². The van der Waals surface area contributed by atoms with Crippen LogP contribution in [-0.4, -0.2) is 46.0 Å². The molecule has 8 nitrogen and oxygen atoms in total. The smallest absolute Gasteiger partial charge is 0.186 e. The van der Waals surface area contributed by atoms with Crippen molar-refractivity contribution in [2.45, 2.75) is 27.7 Å². The van der Waals surface area contributed by atoms with Crippen LogP contribution in [0.2, 0.25) is 0 Å². The van der Waals surface area contributed by atoms with Crippen LogP contribution in [-0.2, 0) is 0 Å². The number of oxazole rings is 1.